The number of carboxylic acid groups (broad SMARTS) is 1. The molecule has 1 rings (SSSR count). The number of aromatic hydroxyl groups is 1. The highest BCUT2D eigenvalue weighted by molar-refractivity contribution is 5.99. The molecular formula is C46H76N12O13. The quantitative estimate of drug-likeness (QED) is 0.0193. The molecule has 0 spiro atoms. The minimum absolute atomic E-state index is 0.00691. The van der Waals surface area contributed by atoms with Gasteiger partial charge in [0.2, 0.25) is 59.1 Å². The largest absolute Gasteiger partial charge is 0.508 e. The molecule has 25 heteroatoms. The van der Waals surface area contributed by atoms with Crippen LogP contribution in [0.1, 0.15) is 106 Å². The third kappa shape index (κ3) is 22.6. The molecule has 0 aliphatic carbocycles. The molecule has 0 heterocycles. The number of phenolic OH excluding ortho intramolecular Hbond substituents is 1. The molecule has 71 heavy (non-hydrogen) atoms. The van der Waals surface area contributed by atoms with Gasteiger partial charge in [-0.2, -0.15) is 0 Å². The first-order valence-electron chi connectivity index (χ1n) is 23.6. The Morgan fingerprint density at radius 1 is 0.549 bits per heavy atom. The van der Waals surface area contributed by atoms with Gasteiger partial charge in [0.15, 0.2) is 0 Å². The zero-order valence-electron chi connectivity index (χ0n) is 41.8. The molecule has 0 saturated carbocycles. The van der Waals surface area contributed by atoms with Crippen molar-refractivity contribution in [3.8, 4) is 5.75 Å². The van der Waals surface area contributed by atoms with Crippen LogP contribution in [0.2, 0.25) is 0 Å². The van der Waals surface area contributed by atoms with E-state index in [-0.39, 0.29) is 43.4 Å². The third-order valence-corrected chi connectivity index (χ3v) is 11.2. The van der Waals surface area contributed by atoms with Crippen molar-refractivity contribution in [1.82, 2.24) is 42.5 Å². The lowest BCUT2D eigenvalue weighted by Crippen LogP contribution is -2.61. The Morgan fingerprint density at radius 3 is 1.46 bits per heavy atom. The van der Waals surface area contributed by atoms with Crippen molar-refractivity contribution in [3.63, 3.8) is 0 Å². The predicted octanol–water partition coefficient (Wildman–Crippen LogP) is -3.11. The molecular weight excluding hydrogens is 937 g/mol. The predicted molar refractivity (Wildman–Crippen MR) is 258 cm³/mol. The van der Waals surface area contributed by atoms with Crippen molar-refractivity contribution in [3.05, 3.63) is 29.8 Å². The fourth-order valence-electron chi connectivity index (χ4n) is 6.87. The molecule has 18 N–H and O–H groups in total. The fourth-order valence-corrected chi connectivity index (χ4v) is 6.87. The second-order valence-electron chi connectivity index (χ2n) is 18.4. The van der Waals surface area contributed by atoms with E-state index in [1.54, 1.807) is 41.5 Å². The lowest BCUT2D eigenvalue weighted by molar-refractivity contribution is -0.142. The van der Waals surface area contributed by atoms with Gasteiger partial charge in [-0.3, -0.25) is 47.9 Å². The number of nitrogens with one attached hydrogen (secondary N) is 8. The van der Waals surface area contributed by atoms with E-state index in [0.29, 0.717) is 24.8 Å². The van der Waals surface area contributed by atoms with E-state index in [1.807, 2.05) is 0 Å². The van der Waals surface area contributed by atoms with Gasteiger partial charge in [-0.05, 0) is 81.5 Å². The molecule has 10 amide bonds. The van der Waals surface area contributed by atoms with Crippen LogP contribution in [-0.4, -0.2) is 136 Å². The Bertz CT molecular complexity index is 2020. The number of hydrogen-bond donors (Lipinski definition) is 14. The van der Waals surface area contributed by atoms with Gasteiger partial charge in [0.25, 0.3) is 0 Å². The molecule has 25 nitrogen and oxygen atoms in total. The van der Waals surface area contributed by atoms with Gasteiger partial charge in [0.1, 0.15) is 54.1 Å². The second kappa shape index (κ2) is 30.7. The topological polar surface area (TPSA) is 429 Å². The number of carbonyl (C=O) groups is 11. The first-order chi connectivity index (χ1) is 33.1. The van der Waals surface area contributed by atoms with Gasteiger partial charge < -0.3 is 75.7 Å². The number of unbranched alkanes of at least 4 members (excludes halogenated alkanes) is 1. The summed E-state index contributed by atoms with van der Waals surface area (Å²) in [5.74, 6) is -11.9. The van der Waals surface area contributed by atoms with E-state index in [1.165, 1.54) is 38.1 Å². The van der Waals surface area contributed by atoms with Crippen LogP contribution in [0.5, 0.6) is 5.75 Å². The lowest BCUT2D eigenvalue weighted by Gasteiger charge is -2.29. The van der Waals surface area contributed by atoms with Crippen molar-refractivity contribution < 1.29 is 63.0 Å². The van der Waals surface area contributed by atoms with Crippen LogP contribution in [0.4, 0.5) is 0 Å². The number of nitrogens with two attached hydrogens (primary N) is 4. The number of carboxylic acids is 1. The maximum absolute atomic E-state index is 14.2. The summed E-state index contributed by atoms with van der Waals surface area (Å²) in [5.41, 5.74) is 22.4. The third-order valence-electron chi connectivity index (χ3n) is 11.2. The van der Waals surface area contributed by atoms with Crippen LogP contribution in [0, 0.1) is 17.8 Å². The van der Waals surface area contributed by atoms with Crippen molar-refractivity contribution in [2.45, 2.75) is 161 Å². The number of primary amides is 2. The van der Waals surface area contributed by atoms with Crippen LogP contribution in [0.3, 0.4) is 0 Å². The number of phenols is 1. The first kappa shape index (κ1) is 62.1. The summed E-state index contributed by atoms with van der Waals surface area (Å²) in [7, 11) is 0. The molecule has 1 aromatic rings. The average Bonchev–Trinajstić information content (AvgIpc) is 3.27. The van der Waals surface area contributed by atoms with Gasteiger partial charge in [0.05, 0.1) is 18.9 Å². The zero-order chi connectivity index (χ0) is 54.3. The molecule has 0 bridgehead atoms. The van der Waals surface area contributed by atoms with Crippen LogP contribution in [0.25, 0.3) is 0 Å². The normalized spacial score (nSPS) is 15.4. The zero-order valence-corrected chi connectivity index (χ0v) is 41.8. The molecule has 398 valence electrons. The summed E-state index contributed by atoms with van der Waals surface area (Å²) < 4.78 is 0. The number of rotatable bonds is 32. The Labute approximate surface area is 413 Å². The van der Waals surface area contributed by atoms with E-state index in [2.05, 4.69) is 42.5 Å². The van der Waals surface area contributed by atoms with Gasteiger partial charge in [-0.25, -0.2) is 4.79 Å². The smallest absolute Gasteiger partial charge is 0.326 e. The summed E-state index contributed by atoms with van der Waals surface area (Å²) in [4.78, 5) is 144. The van der Waals surface area contributed by atoms with E-state index in [9.17, 15) is 63.0 Å². The number of aliphatic carboxylic acids is 1. The number of hydrogen-bond acceptors (Lipinski definition) is 14. The fraction of sp³-hybridized carbons (Fsp3) is 0.630. The Morgan fingerprint density at radius 2 is 1.00 bits per heavy atom. The van der Waals surface area contributed by atoms with E-state index >= 15 is 0 Å². The highest BCUT2D eigenvalue weighted by Crippen LogP contribution is 2.15. The molecule has 0 saturated heterocycles. The second-order valence-corrected chi connectivity index (χ2v) is 18.4. The summed E-state index contributed by atoms with van der Waals surface area (Å²) in [6.07, 6.45) is -0.396. The molecule has 0 fully saturated rings. The minimum Gasteiger partial charge on any atom is -0.508 e. The number of amides is 10. The van der Waals surface area contributed by atoms with Crippen molar-refractivity contribution >= 4 is 65.0 Å². The van der Waals surface area contributed by atoms with Crippen LogP contribution >= 0.6 is 0 Å². The molecule has 0 unspecified atom stereocenters. The number of benzene rings is 1. The molecule has 0 radical (unpaired) electrons. The van der Waals surface area contributed by atoms with Gasteiger partial charge >= 0.3 is 5.97 Å². The van der Waals surface area contributed by atoms with Crippen molar-refractivity contribution in [2.24, 2.45) is 40.7 Å². The Balaban J connectivity index is 3.45. The molecule has 1 aromatic carbocycles. The summed E-state index contributed by atoms with van der Waals surface area (Å²) in [5, 5.41) is 39.3. The van der Waals surface area contributed by atoms with Gasteiger partial charge in [-0.15, -0.1) is 0 Å². The maximum Gasteiger partial charge on any atom is 0.326 e. The Hall–Kier alpha value is -6.89. The summed E-state index contributed by atoms with van der Waals surface area (Å²) in [6, 6.07) is -6.84. The average molecular weight is 1010 g/mol. The number of carbonyl (C=O) groups excluding carboxylic acids is 10. The highest BCUT2D eigenvalue weighted by Gasteiger charge is 2.36. The van der Waals surface area contributed by atoms with E-state index in [4.69, 9.17) is 22.9 Å². The van der Waals surface area contributed by atoms with Crippen LogP contribution in [-0.2, 0) is 59.2 Å². The first-order valence-corrected chi connectivity index (χ1v) is 23.6. The molecule has 0 aliphatic rings. The Kier molecular flexibility index (Phi) is 26.8. The van der Waals surface area contributed by atoms with Crippen LogP contribution < -0.4 is 65.5 Å². The minimum atomic E-state index is -1.71. The van der Waals surface area contributed by atoms with E-state index < -0.39 is 138 Å². The summed E-state index contributed by atoms with van der Waals surface area (Å²) >= 11 is 0. The van der Waals surface area contributed by atoms with Gasteiger partial charge in [-0.1, -0.05) is 60.1 Å². The van der Waals surface area contributed by atoms with Gasteiger partial charge in [0, 0.05) is 6.42 Å². The van der Waals surface area contributed by atoms with Crippen molar-refractivity contribution in [2.75, 3.05) is 6.54 Å². The molecule has 0 aromatic heterocycles. The standard InChI is InChI=1S/C46H76N12O13/c1-9-24(6)37(58-38(62)25(7)48)45(69)56-30(18-22(2)3)40(64)55-33(21-35(50)61)42(66)54-31(19-27-13-15-28(59)16-14-27)43(67)57-36(23(4)5)44(68)51-26(8)39(63)53-32(20-34(49)60)41(65)52-29(46(70)71)12-10-11-17-47/h13-16,22-26,29-33,36-37,59H,9-12,17-21,47-48H2,1-8H3,(H2,49,60)(H2,50,61)(H,51,68)(H,52,65)(H,53,63)(H,54,66)(H,55,64)(H,56,69)(H,57,67)(H,58,62)(H,70,71)/t24-,25-,26-,29-,30-,31-,32-,33-,36-,37-/m0/s1/i10+1,11+1,12+1,17+1,29+1,46+1,47+1,52+1. The highest BCUT2D eigenvalue weighted by atomic mass is 16.5. The maximum atomic E-state index is 14.2. The van der Waals surface area contributed by atoms with Crippen molar-refractivity contribution in [1.29, 1.82) is 0 Å². The summed E-state index contributed by atoms with van der Waals surface area (Å²) in [6.45, 7) is 13.1. The molecule has 10 atom stereocenters. The monoisotopic (exact) mass is 1010 g/mol. The lowest BCUT2D eigenvalue weighted by atomic mass is 9.96. The SMILES string of the molecule is CC[C@H](C)[C@H](NC(=O)[C@H](C)N)C(=O)N[C@@H](CC(C)C)C(=O)N[C@@H](CC(N)=O)C(=O)N[C@@H](Cc1ccc(O)cc1)C(=O)N[C@H](C(=O)N[C@@H](C)C(=O)N[C@@H](CC(N)=O)C(=O)[15NH][13C@@H]([13CH2][13CH2][13CH2][13CH2][15NH2])[13C](=O)O)C(C)C. The molecule has 0 aliphatic heterocycles. The van der Waals surface area contributed by atoms with E-state index in [0.717, 1.165) is 0 Å². The van der Waals surface area contributed by atoms with Crippen LogP contribution in [0.15, 0.2) is 24.3 Å².